The van der Waals surface area contributed by atoms with Gasteiger partial charge < -0.3 is 4.90 Å². The van der Waals surface area contributed by atoms with Crippen molar-refractivity contribution in [1.82, 2.24) is 4.90 Å². The molecule has 0 aliphatic heterocycles. The molecule has 0 saturated heterocycles. The normalized spacial score (nSPS) is 19.7. The number of benzene rings is 1. The molecule has 1 atom stereocenters. The van der Waals surface area contributed by atoms with Crippen LogP contribution >= 0.6 is 0 Å². The van der Waals surface area contributed by atoms with Crippen molar-refractivity contribution in [2.75, 3.05) is 14.1 Å². The zero-order valence-corrected chi connectivity index (χ0v) is 13.3. The number of nitrogens with zero attached hydrogens (tertiary/aromatic N) is 1. The molecule has 1 amide bonds. The first kappa shape index (κ1) is 15.1. The second-order valence-corrected chi connectivity index (χ2v) is 6.36. The third-order valence-electron chi connectivity index (χ3n) is 4.70. The molecule has 1 aliphatic carbocycles. The highest BCUT2D eigenvalue weighted by Crippen LogP contribution is 2.51. The molecule has 0 fully saturated rings. The highest BCUT2D eigenvalue weighted by Gasteiger charge is 2.45. The minimum absolute atomic E-state index is 0.0549. The van der Waals surface area contributed by atoms with Crippen molar-refractivity contribution in [3.05, 3.63) is 35.4 Å². The van der Waals surface area contributed by atoms with Gasteiger partial charge in [0.2, 0.25) is 5.91 Å². The van der Waals surface area contributed by atoms with E-state index in [9.17, 15) is 4.79 Å². The molecule has 0 aromatic heterocycles. The Bertz CT molecular complexity index is 472. The van der Waals surface area contributed by atoms with E-state index in [-0.39, 0.29) is 17.2 Å². The number of amides is 1. The fourth-order valence-electron chi connectivity index (χ4n) is 3.98. The van der Waals surface area contributed by atoms with Crippen molar-refractivity contribution in [1.29, 1.82) is 0 Å². The lowest BCUT2D eigenvalue weighted by Crippen LogP contribution is -2.29. The van der Waals surface area contributed by atoms with Gasteiger partial charge in [0, 0.05) is 14.1 Å². The van der Waals surface area contributed by atoms with E-state index in [1.54, 1.807) is 4.90 Å². The summed E-state index contributed by atoms with van der Waals surface area (Å²) in [5, 5.41) is 0. The van der Waals surface area contributed by atoms with Gasteiger partial charge in [-0.15, -0.1) is 0 Å². The van der Waals surface area contributed by atoms with E-state index in [1.165, 1.54) is 36.8 Å². The average Bonchev–Trinajstić information content (AvgIpc) is 2.74. The molecular formula is C18H27NO. The predicted molar refractivity (Wildman–Crippen MR) is 84.0 cm³/mol. The van der Waals surface area contributed by atoms with Crippen LogP contribution in [-0.4, -0.2) is 24.9 Å². The number of likely N-dealkylation sites (N-methyl/N-ethyl adjacent to an activating group) is 1. The third-order valence-corrected chi connectivity index (χ3v) is 4.70. The van der Waals surface area contributed by atoms with E-state index in [0.29, 0.717) is 0 Å². The summed E-state index contributed by atoms with van der Waals surface area (Å²) in [5.74, 6) is 0.311. The predicted octanol–water partition coefficient (Wildman–Crippen LogP) is 4.10. The van der Waals surface area contributed by atoms with Gasteiger partial charge in [0.1, 0.15) is 0 Å². The van der Waals surface area contributed by atoms with Crippen LogP contribution in [0.15, 0.2) is 24.3 Å². The summed E-state index contributed by atoms with van der Waals surface area (Å²) in [5.41, 5.74) is 2.92. The zero-order valence-electron chi connectivity index (χ0n) is 13.3. The molecular weight excluding hydrogens is 246 g/mol. The Hall–Kier alpha value is -1.31. The van der Waals surface area contributed by atoms with Gasteiger partial charge in [-0.3, -0.25) is 4.79 Å². The average molecular weight is 273 g/mol. The van der Waals surface area contributed by atoms with Gasteiger partial charge in [-0.05, 0) is 35.8 Å². The van der Waals surface area contributed by atoms with Gasteiger partial charge in [-0.1, -0.05) is 51.0 Å². The van der Waals surface area contributed by atoms with Crippen molar-refractivity contribution in [3.8, 4) is 0 Å². The fourth-order valence-corrected chi connectivity index (χ4v) is 3.98. The summed E-state index contributed by atoms with van der Waals surface area (Å²) in [6.45, 7) is 4.50. The minimum atomic E-state index is 0.0549. The summed E-state index contributed by atoms with van der Waals surface area (Å²) < 4.78 is 0. The summed E-state index contributed by atoms with van der Waals surface area (Å²) in [7, 11) is 3.73. The first-order chi connectivity index (χ1) is 9.55. The Morgan fingerprint density at radius 2 is 1.80 bits per heavy atom. The van der Waals surface area contributed by atoms with Crippen LogP contribution in [0.1, 0.15) is 63.0 Å². The largest absolute Gasteiger partial charge is 0.348 e. The lowest BCUT2D eigenvalue weighted by atomic mass is 9.74. The van der Waals surface area contributed by atoms with E-state index >= 15 is 0 Å². The van der Waals surface area contributed by atoms with Crippen LogP contribution in [0.4, 0.5) is 0 Å². The Morgan fingerprint density at radius 3 is 2.35 bits per heavy atom. The first-order valence-electron chi connectivity index (χ1n) is 7.86. The molecule has 110 valence electrons. The van der Waals surface area contributed by atoms with Crippen LogP contribution in [0.5, 0.6) is 0 Å². The van der Waals surface area contributed by atoms with Crippen molar-refractivity contribution in [3.63, 3.8) is 0 Å². The Balaban J connectivity index is 2.46. The molecule has 0 N–H and O–H groups in total. The molecule has 1 aromatic rings. The second-order valence-electron chi connectivity index (χ2n) is 6.36. The molecule has 1 aliphatic rings. The molecule has 1 aromatic carbocycles. The van der Waals surface area contributed by atoms with Gasteiger partial charge in [0.05, 0.1) is 5.92 Å². The van der Waals surface area contributed by atoms with Crippen LogP contribution in [0.2, 0.25) is 0 Å². The van der Waals surface area contributed by atoms with Gasteiger partial charge in [0.25, 0.3) is 0 Å². The highest BCUT2D eigenvalue weighted by atomic mass is 16.2. The fraction of sp³-hybridized carbons (Fsp3) is 0.611. The Labute approximate surface area is 123 Å². The molecule has 0 saturated carbocycles. The van der Waals surface area contributed by atoms with Crippen LogP contribution in [0.3, 0.4) is 0 Å². The van der Waals surface area contributed by atoms with Crippen LogP contribution in [0, 0.1) is 0 Å². The van der Waals surface area contributed by atoms with Crippen molar-refractivity contribution >= 4 is 5.91 Å². The Morgan fingerprint density at radius 1 is 1.20 bits per heavy atom. The smallest absolute Gasteiger partial charge is 0.229 e. The molecule has 0 heterocycles. The summed E-state index contributed by atoms with van der Waals surface area (Å²) in [6, 6.07) is 8.61. The summed E-state index contributed by atoms with van der Waals surface area (Å²) in [6.07, 6.45) is 5.73. The maximum Gasteiger partial charge on any atom is 0.229 e. The van der Waals surface area contributed by atoms with Crippen molar-refractivity contribution in [2.45, 2.75) is 57.3 Å². The monoisotopic (exact) mass is 273 g/mol. The van der Waals surface area contributed by atoms with Crippen molar-refractivity contribution < 1.29 is 4.79 Å². The number of hydrogen-bond acceptors (Lipinski definition) is 1. The van der Waals surface area contributed by atoms with E-state index in [1.807, 2.05) is 14.1 Å². The molecule has 2 nitrogen and oxygen atoms in total. The maximum atomic E-state index is 12.5. The maximum absolute atomic E-state index is 12.5. The second kappa shape index (κ2) is 5.99. The number of hydrogen-bond donors (Lipinski definition) is 0. The topological polar surface area (TPSA) is 20.3 Å². The quantitative estimate of drug-likeness (QED) is 0.791. The number of carbonyl (C=O) groups is 1. The van der Waals surface area contributed by atoms with E-state index in [2.05, 4.69) is 38.1 Å². The van der Waals surface area contributed by atoms with Gasteiger partial charge in [-0.2, -0.15) is 0 Å². The zero-order chi connectivity index (χ0) is 14.8. The number of fused-ring (bicyclic) bond motifs is 1. The van der Waals surface area contributed by atoms with E-state index in [0.717, 1.165) is 6.42 Å². The summed E-state index contributed by atoms with van der Waals surface area (Å²) >= 11 is 0. The van der Waals surface area contributed by atoms with Crippen LogP contribution in [0.25, 0.3) is 0 Å². The number of carbonyl (C=O) groups excluding carboxylic acids is 1. The van der Waals surface area contributed by atoms with Crippen molar-refractivity contribution in [2.24, 2.45) is 0 Å². The first-order valence-corrected chi connectivity index (χ1v) is 7.86. The molecule has 0 spiro atoms. The van der Waals surface area contributed by atoms with Gasteiger partial charge in [0.15, 0.2) is 0 Å². The molecule has 0 unspecified atom stereocenters. The molecule has 0 radical (unpaired) electrons. The highest BCUT2D eigenvalue weighted by molar-refractivity contribution is 5.85. The molecule has 20 heavy (non-hydrogen) atoms. The lowest BCUT2D eigenvalue weighted by molar-refractivity contribution is -0.130. The Kier molecular flexibility index (Phi) is 4.52. The summed E-state index contributed by atoms with van der Waals surface area (Å²) in [4.78, 5) is 14.3. The minimum Gasteiger partial charge on any atom is -0.348 e. The van der Waals surface area contributed by atoms with Gasteiger partial charge in [-0.25, -0.2) is 0 Å². The molecule has 2 rings (SSSR count). The third kappa shape index (κ3) is 2.48. The van der Waals surface area contributed by atoms with E-state index < -0.39 is 0 Å². The van der Waals surface area contributed by atoms with E-state index in [4.69, 9.17) is 0 Å². The SMILES string of the molecule is CCCC1(CCC)C[C@@H](C(=O)N(C)C)c2ccccc21. The van der Waals surface area contributed by atoms with Crippen LogP contribution < -0.4 is 0 Å². The molecule has 0 bridgehead atoms. The molecule has 2 heteroatoms. The number of rotatable bonds is 5. The van der Waals surface area contributed by atoms with Gasteiger partial charge >= 0.3 is 0 Å². The standard InChI is InChI=1S/C18H27NO/c1-5-11-18(12-6-2)13-15(17(20)19(3)4)14-9-7-8-10-16(14)18/h7-10,15H,5-6,11-13H2,1-4H3/t15-/m1/s1. The van der Waals surface area contributed by atoms with Crippen LogP contribution in [-0.2, 0) is 10.2 Å². The lowest BCUT2D eigenvalue weighted by Gasteiger charge is -2.30.